The van der Waals surface area contributed by atoms with Crippen molar-refractivity contribution in [2.75, 3.05) is 12.7 Å². The zero-order valence-electron chi connectivity index (χ0n) is 8.72. The van der Waals surface area contributed by atoms with E-state index in [1.807, 2.05) is 0 Å². The molecular weight excluding hydrogens is 234 g/mol. The molecule has 0 spiro atoms. The van der Waals surface area contributed by atoms with E-state index >= 15 is 0 Å². The van der Waals surface area contributed by atoms with Crippen molar-refractivity contribution in [2.45, 2.75) is 19.3 Å². The van der Waals surface area contributed by atoms with Crippen LogP contribution in [0.1, 0.15) is 16.7 Å². The SMILES string of the molecule is FC(F)(F)c1ccc2c(c1)CN(CCP)C2. The van der Waals surface area contributed by atoms with Crippen molar-refractivity contribution in [1.29, 1.82) is 0 Å². The largest absolute Gasteiger partial charge is 0.416 e. The molecule has 2 rings (SSSR count). The number of halogens is 3. The molecule has 0 aliphatic carbocycles. The van der Waals surface area contributed by atoms with Gasteiger partial charge in [0.15, 0.2) is 0 Å². The summed E-state index contributed by atoms with van der Waals surface area (Å²) in [7, 11) is 2.63. The zero-order chi connectivity index (χ0) is 11.8. The van der Waals surface area contributed by atoms with Gasteiger partial charge in [0, 0.05) is 19.6 Å². The second-order valence-electron chi connectivity index (χ2n) is 3.98. The first kappa shape index (κ1) is 11.9. The molecule has 0 N–H and O–H groups in total. The van der Waals surface area contributed by atoms with E-state index in [1.54, 1.807) is 6.07 Å². The lowest BCUT2D eigenvalue weighted by molar-refractivity contribution is -0.137. The fraction of sp³-hybridized carbons (Fsp3) is 0.455. The van der Waals surface area contributed by atoms with Crippen LogP contribution in [0.15, 0.2) is 18.2 Å². The van der Waals surface area contributed by atoms with Gasteiger partial charge >= 0.3 is 6.18 Å². The summed E-state index contributed by atoms with van der Waals surface area (Å²) >= 11 is 0. The highest BCUT2D eigenvalue weighted by atomic mass is 31.0. The molecule has 88 valence electrons. The van der Waals surface area contributed by atoms with E-state index in [1.165, 1.54) is 12.1 Å². The van der Waals surface area contributed by atoms with Gasteiger partial charge in [0.1, 0.15) is 0 Å². The molecule has 1 atom stereocenters. The normalized spacial score (nSPS) is 16.5. The van der Waals surface area contributed by atoms with Gasteiger partial charge < -0.3 is 0 Å². The summed E-state index contributed by atoms with van der Waals surface area (Å²) in [5, 5.41) is 0. The minimum absolute atomic E-state index is 0.543. The molecule has 0 radical (unpaired) electrons. The monoisotopic (exact) mass is 247 g/mol. The second-order valence-corrected chi connectivity index (χ2v) is 4.56. The van der Waals surface area contributed by atoms with Crippen molar-refractivity contribution in [2.24, 2.45) is 0 Å². The summed E-state index contributed by atoms with van der Waals surface area (Å²) in [5.41, 5.74) is 1.29. The van der Waals surface area contributed by atoms with Crippen LogP contribution >= 0.6 is 9.24 Å². The Morgan fingerprint density at radius 3 is 2.50 bits per heavy atom. The van der Waals surface area contributed by atoms with E-state index in [4.69, 9.17) is 0 Å². The lowest BCUT2D eigenvalue weighted by atomic mass is 10.1. The molecule has 5 heteroatoms. The zero-order valence-corrected chi connectivity index (χ0v) is 9.87. The molecule has 0 saturated carbocycles. The molecule has 0 bridgehead atoms. The van der Waals surface area contributed by atoms with Crippen molar-refractivity contribution in [1.82, 2.24) is 4.90 Å². The van der Waals surface area contributed by atoms with Crippen molar-refractivity contribution in [3.63, 3.8) is 0 Å². The Hall–Kier alpha value is -0.600. The topological polar surface area (TPSA) is 3.24 Å². The number of nitrogens with zero attached hydrogens (tertiary/aromatic N) is 1. The van der Waals surface area contributed by atoms with Crippen LogP contribution in [0, 0.1) is 0 Å². The smallest absolute Gasteiger partial charge is 0.294 e. The Kier molecular flexibility index (Phi) is 3.22. The molecular formula is C11H13F3NP. The molecule has 1 aliphatic heterocycles. The van der Waals surface area contributed by atoms with E-state index in [-0.39, 0.29) is 0 Å². The first-order chi connectivity index (χ1) is 7.50. The molecule has 0 aromatic heterocycles. The van der Waals surface area contributed by atoms with Gasteiger partial charge in [-0.3, -0.25) is 4.90 Å². The third-order valence-electron chi connectivity index (χ3n) is 2.77. The standard InChI is InChI=1S/C11H13F3NP/c12-11(13,14)10-2-1-8-6-15(3-4-16)7-9(8)5-10/h1-2,5H,3-4,6-7,16H2. The van der Waals surface area contributed by atoms with Crippen LogP contribution in [0.2, 0.25) is 0 Å². The molecule has 1 aromatic rings. The summed E-state index contributed by atoms with van der Waals surface area (Å²) in [6.45, 7) is 2.30. The Labute approximate surface area is 94.8 Å². The minimum Gasteiger partial charge on any atom is -0.294 e. The molecule has 0 saturated heterocycles. The van der Waals surface area contributed by atoms with Gasteiger partial charge in [-0.2, -0.15) is 13.2 Å². The van der Waals surface area contributed by atoms with Crippen LogP contribution in [0.3, 0.4) is 0 Å². The predicted molar refractivity (Wildman–Crippen MR) is 60.1 cm³/mol. The first-order valence-corrected chi connectivity index (χ1v) is 5.94. The van der Waals surface area contributed by atoms with E-state index < -0.39 is 11.7 Å². The van der Waals surface area contributed by atoms with Crippen molar-refractivity contribution in [3.05, 3.63) is 34.9 Å². The van der Waals surface area contributed by atoms with E-state index in [2.05, 4.69) is 14.1 Å². The third-order valence-corrected chi connectivity index (χ3v) is 3.03. The maximum Gasteiger partial charge on any atom is 0.416 e. The highest BCUT2D eigenvalue weighted by Gasteiger charge is 2.32. The van der Waals surface area contributed by atoms with Crippen molar-refractivity contribution in [3.8, 4) is 0 Å². The summed E-state index contributed by atoms with van der Waals surface area (Å²) in [4.78, 5) is 2.15. The van der Waals surface area contributed by atoms with Gasteiger partial charge in [0.05, 0.1) is 5.56 Å². The molecule has 1 aliphatic rings. The number of alkyl halides is 3. The van der Waals surface area contributed by atoms with Crippen LogP contribution in [0.4, 0.5) is 13.2 Å². The number of benzene rings is 1. The Morgan fingerprint density at radius 2 is 1.88 bits per heavy atom. The van der Waals surface area contributed by atoms with Gasteiger partial charge in [-0.25, -0.2) is 0 Å². The van der Waals surface area contributed by atoms with Gasteiger partial charge in [0.2, 0.25) is 0 Å². The van der Waals surface area contributed by atoms with Crippen LogP contribution in [-0.4, -0.2) is 17.6 Å². The number of hydrogen-bond acceptors (Lipinski definition) is 1. The molecule has 1 nitrogen and oxygen atoms in total. The van der Waals surface area contributed by atoms with Crippen molar-refractivity contribution < 1.29 is 13.2 Å². The fourth-order valence-electron chi connectivity index (χ4n) is 1.98. The molecule has 0 fully saturated rings. The molecule has 16 heavy (non-hydrogen) atoms. The third kappa shape index (κ3) is 2.38. The average molecular weight is 247 g/mol. The number of hydrogen-bond donors (Lipinski definition) is 0. The summed E-state index contributed by atoms with van der Waals surface area (Å²) in [6.07, 6.45) is -3.29. The van der Waals surface area contributed by atoms with Crippen LogP contribution in [0.25, 0.3) is 0 Å². The molecule has 1 unspecified atom stereocenters. The average Bonchev–Trinajstić information content (AvgIpc) is 2.57. The quantitative estimate of drug-likeness (QED) is 0.726. The van der Waals surface area contributed by atoms with E-state index in [9.17, 15) is 13.2 Å². The highest BCUT2D eigenvalue weighted by molar-refractivity contribution is 7.16. The lowest BCUT2D eigenvalue weighted by Crippen LogP contribution is -2.18. The van der Waals surface area contributed by atoms with E-state index in [0.717, 1.165) is 30.4 Å². The Bertz CT molecular complexity index is 389. The lowest BCUT2D eigenvalue weighted by Gasteiger charge is -2.11. The molecule has 0 amide bonds. The molecule has 1 heterocycles. The van der Waals surface area contributed by atoms with Crippen LogP contribution < -0.4 is 0 Å². The minimum atomic E-state index is -4.23. The van der Waals surface area contributed by atoms with Gasteiger partial charge in [-0.05, 0) is 29.4 Å². The maximum absolute atomic E-state index is 12.5. The summed E-state index contributed by atoms with van der Waals surface area (Å²) in [6, 6.07) is 4.04. The fourth-order valence-corrected chi connectivity index (χ4v) is 2.35. The number of rotatable bonds is 2. The van der Waals surface area contributed by atoms with Gasteiger partial charge in [-0.1, -0.05) is 6.07 Å². The van der Waals surface area contributed by atoms with Gasteiger partial charge in [0.25, 0.3) is 0 Å². The van der Waals surface area contributed by atoms with E-state index in [0.29, 0.717) is 6.54 Å². The maximum atomic E-state index is 12.5. The predicted octanol–water partition coefficient (Wildman–Crippen LogP) is 2.90. The Morgan fingerprint density at radius 1 is 1.19 bits per heavy atom. The number of fused-ring (bicyclic) bond motifs is 1. The first-order valence-electron chi connectivity index (χ1n) is 5.12. The van der Waals surface area contributed by atoms with Crippen LogP contribution in [-0.2, 0) is 19.3 Å². The van der Waals surface area contributed by atoms with Gasteiger partial charge in [-0.15, -0.1) is 9.24 Å². The van der Waals surface area contributed by atoms with Crippen molar-refractivity contribution >= 4 is 9.24 Å². The second kappa shape index (κ2) is 4.34. The van der Waals surface area contributed by atoms with Crippen LogP contribution in [0.5, 0.6) is 0 Å². The summed E-state index contributed by atoms with van der Waals surface area (Å²) < 4.78 is 37.5. The Balaban J connectivity index is 2.21. The molecule has 1 aromatic carbocycles. The summed E-state index contributed by atoms with van der Waals surface area (Å²) in [5.74, 6) is 0. The highest BCUT2D eigenvalue weighted by Crippen LogP contribution is 2.33.